The Hall–Kier alpha value is -2.04. The fraction of sp³-hybridized carbons (Fsp3) is 0.500. The average molecular weight is 291 g/mol. The van der Waals surface area contributed by atoms with Crippen molar-refractivity contribution < 1.29 is 19.4 Å². The molecular weight excluding hydrogens is 270 g/mol. The van der Waals surface area contributed by atoms with E-state index >= 15 is 0 Å². The zero-order valence-corrected chi connectivity index (χ0v) is 12.6. The molecule has 0 bridgehead atoms. The highest BCUT2D eigenvalue weighted by Gasteiger charge is 2.37. The van der Waals surface area contributed by atoms with Crippen LogP contribution in [0, 0.1) is 0 Å². The first kappa shape index (κ1) is 15.4. The van der Waals surface area contributed by atoms with Gasteiger partial charge in [-0.05, 0) is 45.7 Å². The van der Waals surface area contributed by atoms with Crippen molar-refractivity contribution >= 4 is 11.9 Å². The van der Waals surface area contributed by atoms with Crippen LogP contribution in [0.3, 0.4) is 0 Å². The van der Waals surface area contributed by atoms with E-state index in [2.05, 4.69) is 0 Å². The van der Waals surface area contributed by atoms with E-state index in [0.29, 0.717) is 13.0 Å². The highest BCUT2D eigenvalue weighted by molar-refractivity contribution is 5.99. The van der Waals surface area contributed by atoms with Gasteiger partial charge < -0.3 is 14.7 Å². The van der Waals surface area contributed by atoms with Crippen LogP contribution >= 0.6 is 0 Å². The third-order valence-corrected chi connectivity index (χ3v) is 3.33. The van der Waals surface area contributed by atoms with Crippen LogP contribution < -0.4 is 0 Å². The standard InChI is InChI=1S/C16H21NO4/c1-16(2,3)21-15(20)12-8-6-10-17(12)14(19)11-7-4-5-9-13(11)18/h4-5,7,9,12,18H,6,8,10H2,1-3H3/t12-/m0/s1. The molecule has 0 unspecified atom stereocenters. The molecule has 1 fully saturated rings. The maximum Gasteiger partial charge on any atom is 0.329 e. The van der Waals surface area contributed by atoms with Gasteiger partial charge in [-0.2, -0.15) is 0 Å². The number of carbonyl (C=O) groups is 2. The summed E-state index contributed by atoms with van der Waals surface area (Å²) >= 11 is 0. The number of benzene rings is 1. The molecule has 1 amide bonds. The maximum absolute atomic E-state index is 12.5. The average Bonchev–Trinajstić information content (AvgIpc) is 2.85. The van der Waals surface area contributed by atoms with Crippen LogP contribution in [-0.2, 0) is 9.53 Å². The fourth-order valence-electron chi connectivity index (χ4n) is 2.43. The van der Waals surface area contributed by atoms with Crippen molar-refractivity contribution in [1.82, 2.24) is 4.90 Å². The van der Waals surface area contributed by atoms with E-state index in [9.17, 15) is 14.7 Å². The summed E-state index contributed by atoms with van der Waals surface area (Å²) in [4.78, 5) is 26.2. The van der Waals surface area contributed by atoms with Crippen molar-refractivity contribution in [3.63, 3.8) is 0 Å². The fourth-order valence-corrected chi connectivity index (χ4v) is 2.43. The van der Waals surface area contributed by atoms with Crippen LogP contribution in [0.15, 0.2) is 24.3 Å². The largest absolute Gasteiger partial charge is 0.507 e. The second kappa shape index (κ2) is 5.76. The Bertz CT molecular complexity index is 547. The Morgan fingerprint density at radius 1 is 1.29 bits per heavy atom. The van der Waals surface area contributed by atoms with Crippen LogP contribution in [0.2, 0.25) is 0 Å². The van der Waals surface area contributed by atoms with Gasteiger partial charge >= 0.3 is 5.97 Å². The summed E-state index contributed by atoms with van der Waals surface area (Å²) in [5.41, 5.74) is -0.364. The van der Waals surface area contributed by atoms with E-state index in [4.69, 9.17) is 4.74 Å². The van der Waals surface area contributed by atoms with Crippen molar-refractivity contribution in [2.24, 2.45) is 0 Å². The summed E-state index contributed by atoms with van der Waals surface area (Å²) in [6.07, 6.45) is 1.34. The van der Waals surface area contributed by atoms with Crippen LogP contribution in [-0.4, -0.2) is 40.1 Å². The number of ether oxygens (including phenoxy) is 1. The van der Waals surface area contributed by atoms with Gasteiger partial charge in [-0.15, -0.1) is 0 Å². The second-order valence-corrected chi connectivity index (χ2v) is 6.21. The van der Waals surface area contributed by atoms with Gasteiger partial charge in [0, 0.05) is 6.54 Å². The second-order valence-electron chi connectivity index (χ2n) is 6.21. The number of hydrogen-bond donors (Lipinski definition) is 1. The Morgan fingerprint density at radius 3 is 2.57 bits per heavy atom. The number of amides is 1. The monoisotopic (exact) mass is 291 g/mol. The predicted molar refractivity (Wildman–Crippen MR) is 78.0 cm³/mol. The zero-order chi connectivity index (χ0) is 15.6. The summed E-state index contributed by atoms with van der Waals surface area (Å²) in [5, 5.41) is 9.79. The minimum atomic E-state index is -0.580. The first-order valence-corrected chi connectivity index (χ1v) is 7.11. The van der Waals surface area contributed by atoms with Gasteiger partial charge in [0.2, 0.25) is 0 Å². The lowest BCUT2D eigenvalue weighted by Gasteiger charge is -2.27. The quantitative estimate of drug-likeness (QED) is 0.849. The molecule has 1 heterocycles. The Balaban J connectivity index is 2.17. The summed E-state index contributed by atoms with van der Waals surface area (Å²) in [6.45, 7) is 5.90. The number of rotatable bonds is 2. The molecule has 1 aromatic carbocycles. The van der Waals surface area contributed by atoms with Crippen molar-refractivity contribution in [1.29, 1.82) is 0 Å². The molecular formula is C16H21NO4. The summed E-state index contributed by atoms with van der Waals surface area (Å²) in [6, 6.07) is 5.79. The van der Waals surface area contributed by atoms with Gasteiger partial charge in [0.1, 0.15) is 17.4 Å². The number of nitrogens with zero attached hydrogens (tertiary/aromatic N) is 1. The molecule has 0 aromatic heterocycles. The summed E-state index contributed by atoms with van der Waals surface area (Å²) in [5.74, 6) is -0.789. The third kappa shape index (κ3) is 3.54. The molecule has 0 spiro atoms. The smallest absolute Gasteiger partial charge is 0.329 e. The summed E-state index contributed by atoms with van der Waals surface area (Å²) in [7, 11) is 0. The number of esters is 1. The molecule has 0 saturated carbocycles. The number of carbonyl (C=O) groups excluding carboxylic acids is 2. The lowest BCUT2D eigenvalue weighted by molar-refractivity contribution is -0.159. The molecule has 21 heavy (non-hydrogen) atoms. The van der Waals surface area contributed by atoms with Crippen molar-refractivity contribution in [2.45, 2.75) is 45.3 Å². The zero-order valence-electron chi connectivity index (χ0n) is 12.6. The van der Waals surface area contributed by atoms with E-state index in [1.807, 2.05) is 0 Å². The van der Waals surface area contributed by atoms with Gasteiger partial charge in [0.25, 0.3) is 5.91 Å². The normalized spacial score (nSPS) is 18.6. The minimum absolute atomic E-state index is 0.0719. The third-order valence-electron chi connectivity index (χ3n) is 3.33. The highest BCUT2D eigenvalue weighted by Crippen LogP contribution is 2.26. The van der Waals surface area contributed by atoms with Crippen LogP contribution in [0.4, 0.5) is 0 Å². The summed E-state index contributed by atoms with van der Waals surface area (Å²) < 4.78 is 5.37. The molecule has 5 heteroatoms. The molecule has 1 aliphatic heterocycles. The maximum atomic E-state index is 12.5. The lowest BCUT2D eigenvalue weighted by Crippen LogP contribution is -2.43. The molecule has 1 saturated heterocycles. The van der Waals surface area contributed by atoms with Crippen LogP contribution in [0.1, 0.15) is 44.0 Å². The van der Waals surface area contributed by atoms with Crippen molar-refractivity contribution in [3.8, 4) is 5.75 Å². The number of para-hydroxylation sites is 1. The van der Waals surface area contributed by atoms with Crippen molar-refractivity contribution in [2.75, 3.05) is 6.54 Å². The topological polar surface area (TPSA) is 66.8 Å². The Morgan fingerprint density at radius 2 is 1.95 bits per heavy atom. The number of hydrogen-bond acceptors (Lipinski definition) is 4. The molecule has 0 radical (unpaired) electrons. The first-order chi connectivity index (χ1) is 9.79. The van der Waals surface area contributed by atoms with Crippen LogP contribution in [0.5, 0.6) is 5.75 Å². The number of aromatic hydroxyl groups is 1. The Kier molecular flexibility index (Phi) is 4.21. The predicted octanol–water partition coefficient (Wildman–Crippen LogP) is 2.34. The van der Waals surface area contributed by atoms with E-state index in [0.717, 1.165) is 6.42 Å². The van der Waals surface area contributed by atoms with Gasteiger partial charge in [-0.25, -0.2) is 4.79 Å². The Labute approximate surface area is 124 Å². The SMILES string of the molecule is CC(C)(C)OC(=O)[C@@H]1CCCN1C(=O)c1ccccc1O. The van der Waals surface area contributed by atoms with E-state index in [1.54, 1.807) is 39.0 Å². The van der Waals surface area contributed by atoms with E-state index in [-0.39, 0.29) is 23.2 Å². The van der Waals surface area contributed by atoms with E-state index < -0.39 is 11.6 Å². The molecule has 1 aromatic rings. The van der Waals surface area contributed by atoms with E-state index in [1.165, 1.54) is 11.0 Å². The molecule has 1 N–H and O–H groups in total. The molecule has 1 atom stereocenters. The first-order valence-electron chi connectivity index (χ1n) is 7.11. The van der Waals surface area contributed by atoms with Crippen molar-refractivity contribution in [3.05, 3.63) is 29.8 Å². The number of likely N-dealkylation sites (tertiary alicyclic amines) is 1. The van der Waals surface area contributed by atoms with Gasteiger partial charge in [0.05, 0.1) is 5.56 Å². The number of phenolic OH excluding ortho intramolecular Hbond substituents is 1. The van der Waals surface area contributed by atoms with Gasteiger partial charge in [0.15, 0.2) is 0 Å². The molecule has 1 aliphatic rings. The molecule has 2 rings (SSSR count). The van der Waals surface area contributed by atoms with Gasteiger partial charge in [-0.1, -0.05) is 12.1 Å². The highest BCUT2D eigenvalue weighted by atomic mass is 16.6. The lowest BCUT2D eigenvalue weighted by atomic mass is 10.1. The van der Waals surface area contributed by atoms with Gasteiger partial charge in [-0.3, -0.25) is 4.79 Å². The molecule has 114 valence electrons. The minimum Gasteiger partial charge on any atom is -0.507 e. The van der Waals surface area contributed by atoms with Crippen LogP contribution in [0.25, 0.3) is 0 Å². The number of phenols is 1. The molecule has 0 aliphatic carbocycles. The molecule has 5 nitrogen and oxygen atoms in total.